The van der Waals surface area contributed by atoms with E-state index in [4.69, 9.17) is 21.1 Å². The molecule has 1 aliphatic heterocycles. The van der Waals surface area contributed by atoms with E-state index in [1.165, 1.54) is 19.2 Å². The number of aliphatic hydroxyl groups excluding tert-OH is 1. The Hall–Kier alpha value is -2.90. The lowest BCUT2D eigenvalue weighted by Gasteiger charge is -2.06. The topological polar surface area (TPSA) is 88.4 Å². The lowest BCUT2D eigenvalue weighted by Crippen LogP contribution is -2.12. The van der Waals surface area contributed by atoms with Gasteiger partial charge in [0.15, 0.2) is 0 Å². The smallest absolute Gasteiger partial charge is 0.344 e. The van der Waals surface area contributed by atoms with Crippen molar-refractivity contribution < 1.29 is 24.5 Å². The number of methoxy groups -OCH3 is 1. The highest BCUT2D eigenvalue weighted by atomic mass is 35.5. The maximum Gasteiger partial charge on any atom is 0.344 e. The third kappa shape index (κ3) is 4.75. The molecule has 29 heavy (non-hydrogen) atoms. The standard InChI is InChI=1S/C21H18ClNO5S/c1-3-28-21(26)18-19(25)17(10-12-4-9-15(24)11-16(12)27-2)29-20(18)23-14-7-5-13(22)6-8-14/h4-11,24-25H,3H2,1-2H3. The Morgan fingerprint density at radius 2 is 1.93 bits per heavy atom. The molecule has 3 rings (SSSR count). The summed E-state index contributed by atoms with van der Waals surface area (Å²) in [5, 5.41) is 21.2. The molecule has 8 heteroatoms. The summed E-state index contributed by atoms with van der Waals surface area (Å²) in [4.78, 5) is 17.3. The molecule has 0 bridgehead atoms. The monoisotopic (exact) mass is 431 g/mol. The minimum Gasteiger partial charge on any atom is -0.508 e. The third-order valence-corrected chi connectivity index (χ3v) is 5.20. The van der Waals surface area contributed by atoms with E-state index in [1.54, 1.807) is 43.3 Å². The SMILES string of the molecule is CCOC(=O)C1=C(O)C(=Cc2ccc(O)cc2OC)SC1=Nc1ccc(Cl)cc1. The van der Waals surface area contributed by atoms with Gasteiger partial charge in [-0.3, -0.25) is 0 Å². The number of hydrogen-bond donors (Lipinski definition) is 2. The second-order valence-electron chi connectivity index (χ2n) is 5.87. The van der Waals surface area contributed by atoms with E-state index in [2.05, 4.69) is 4.99 Å². The number of aliphatic hydroxyl groups is 1. The zero-order valence-electron chi connectivity index (χ0n) is 15.7. The number of ether oxygens (including phenoxy) is 2. The highest BCUT2D eigenvalue weighted by Gasteiger charge is 2.33. The maximum absolute atomic E-state index is 12.4. The zero-order valence-corrected chi connectivity index (χ0v) is 17.3. The van der Waals surface area contributed by atoms with Gasteiger partial charge in [-0.05, 0) is 49.4 Å². The number of thioether (sulfide) groups is 1. The average molecular weight is 432 g/mol. The quantitative estimate of drug-likeness (QED) is 0.629. The average Bonchev–Trinajstić information content (AvgIpc) is 3.00. The first-order valence-corrected chi connectivity index (χ1v) is 9.84. The van der Waals surface area contributed by atoms with E-state index in [0.29, 0.717) is 32.0 Å². The first-order chi connectivity index (χ1) is 13.9. The van der Waals surface area contributed by atoms with Crippen molar-refractivity contribution in [3.63, 3.8) is 0 Å². The largest absolute Gasteiger partial charge is 0.508 e. The van der Waals surface area contributed by atoms with Crippen molar-refractivity contribution in [2.24, 2.45) is 4.99 Å². The van der Waals surface area contributed by atoms with Crippen LogP contribution in [0.15, 0.2) is 63.7 Å². The first kappa shape index (κ1) is 20.8. The van der Waals surface area contributed by atoms with Crippen LogP contribution in [0.25, 0.3) is 6.08 Å². The number of carbonyl (C=O) groups is 1. The van der Waals surface area contributed by atoms with Crippen molar-refractivity contribution in [1.82, 2.24) is 0 Å². The Labute approximate surface area is 177 Å². The van der Waals surface area contributed by atoms with Gasteiger partial charge in [0.2, 0.25) is 0 Å². The van der Waals surface area contributed by atoms with Crippen LogP contribution in [-0.2, 0) is 9.53 Å². The molecule has 0 radical (unpaired) electrons. The van der Waals surface area contributed by atoms with Crippen molar-refractivity contribution in [1.29, 1.82) is 0 Å². The minimum absolute atomic E-state index is 0.00389. The number of rotatable bonds is 5. The van der Waals surface area contributed by atoms with Crippen molar-refractivity contribution in [3.8, 4) is 11.5 Å². The fraction of sp³-hybridized carbons (Fsp3) is 0.143. The summed E-state index contributed by atoms with van der Waals surface area (Å²) in [6, 6.07) is 11.4. The Bertz CT molecular complexity index is 1030. The molecule has 0 fully saturated rings. The minimum atomic E-state index is -0.661. The van der Waals surface area contributed by atoms with Gasteiger partial charge in [-0.15, -0.1) is 0 Å². The van der Waals surface area contributed by atoms with Crippen LogP contribution in [-0.4, -0.2) is 34.9 Å². The summed E-state index contributed by atoms with van der Waals surface area (Å²) in [5.41, 5.74) is 1.20. The van der Waals surface area contributed by atoms with Gasteiger partial charge in [0.25, 0.3) is 0 Å². The van der Waals surface area contributed by atoms with Gasteiger partial charge in [-0.2, -0.15) is 0 Å². The number of hydrogen-bond acceptors (Lipinski definition) is 7. The van der Waals surface area contributed by atoms with Crippen LogP contribution < -0.4 is 4.74 Å². The number of carbonyl (C=O) groups excluding carboxylic acids is 1. The van der Waals surface area contributed by atoms with Crippen LogP contribution >= 0.6 is 23.4 Å². The fourth-order valence-electron chi connectivity index (χ4n) is 2.58. The van der Waals surface area contributed by atoms with Gasteiger partial charge in [0.05, 0.1) is 24.3 Å². The summed E-state index contributed by atoms with van der Waals surface area (Å²) >= 11 is 7.04. The number of phenolic OH excluding ortho intramolecular Hbond substituents is 1. The highest BCUT2D eigenvalue weighted by Crippen LogP contribution is 2.41. The van der Waals surface area contributed by atoms with Crippen LogP contribution in [0.1, 0.15) is 12.5 Å². The molecule has 2 aromatic carbocycles. The Balaban J connectivity index is 2.06. The van der Waals surface area contributed by atoms with Gasteiger partial charge >= 0.3 is 5.97 Å². The lowest BCUT2D eigenvalue weighted by molar-refractivity contribution is -0.138. The normalized spacial score (nSPS) is 16.5. The van der Waals surface area contributed by atoms with Gasteiger partial charge in [-0.1, -0.05) is 23.4 Å². The first-order valence-electron chi connectivity index (χ1n) is 8.64. The van der Waals surface area contributed by atoms with Gasteiger partial charge < -0.3 is 19.7 Å². The Morgan fingerprint density at radius 3 is 2.59 bits per heavy atom. The molecule has 150 valence electrons. The van der Waals surface area contributed by atoms with E-state index in [1.807, 2.05) is 0 Å². The summed E-state index contributed by atoms with van der Waals surface area (Å²) in [6.45, 7) is 1.85. The molecule has 1 heterocycles. The summed E-state index contributed by atoms with van der Waals surface area (Å²) < 4.78 is 10.4. The van der Waals surface area contributed by atoms with E-state index in [9.17, 15) is 15.0 Å². The van der Waals surface area contributed by atoms with Gasteiger partial charge in [-0.25, -0.2) is 9.79 Å². The molecule has 0 saturated heterocycles. The highest BCUT2D eigenvalue weighted by molar-refractivity contribution is 8.18. The lowest BCUT2D eigenvalue weighted by atomic mass is 10.1. The zero-order chi connectivity index (χ0) is 21.0. The summed E-state index contributed by atoms with van der Waals surface area (Å²) in [6.07, 6.45) is 1.65. The number of aliphatic imine (C=N–C) groups is 1. The van der Waals surface area contributed by atoms with Crippen LogP contribution in [0, 0.1) is 0 Å². The number of halogens is 1. The van der Waals surface area contributed by atoms with E-state index >= 15 is 0 Å². The molecule has 0 saturated carbocycles. The summed E-state index contributed by atoms with van der Waals surface area (Å²) in [5.74, 6) is -0.408. The third-order valence-electron chi connectivity index (χ3n) is 3.93. The van der Waals surface area contributed by atoms with E-state index in [0.717, 1.165) is 11.8 Å². The molecule has 6 nitrogen and oxygen atoms in total. The fourth-order valence-corrected chi connectivity index (χ4v) is 3.74. The van der Waals surface area contributed by atoms with Crippen molar-refractivity contribution in [2.75, 3.05) is 13.7 Å². The number of nitrogens with zero attached hydrogens (tertiary/aromatic N) is 1. The number of benzene rings is 2. The predicted molar refractivity (Wildman–Crippen MR) is 115 cm³/mol. The van der Waals surface area contributed by atoms with E-state index < -0.39 is 5.97 Å². The molecular weight excluding hydrogens is 414 g/mol. The molecule has 0 atom stereocenters. The van der Waals surface area contributed by atoms with Crippen LogP contribution in [0.4, 0.5) is 5.69 Å². The molecule has 2 N–H and O–H groups in total. The number of phenols is 1. The van der Waals surface area contributed by atoms with Crippen LogP contribution in [0.5, 0.6) is 11.5 Å². The molecule has 2 aromatic rings. The van der Waals surface area contributed by atoms with Crippen LogP contribution in [0.2, 0.25) is 5.02 Å². The second-order valence-corrected chi connectivity index (χ2v) is 7.34. The Morgan fingerprint density at radius 1 is 1.21 bits per heavy atom. The van der Waals surface area contributed by atoms with Crippen LogP contribution in [0.3, 0.4) is 0 Å². The molecule has 1 aliphatic rings. The molecule has 0 spiro atoms. The van der Waals surface area contributed by atoms with Crippen molar-refractivity contribution in [2.45, 2.75) is 6.92 Å². The van der Waals surface area contributed by atoms with E-state index in [-0.39, 0.29) is 23.7 Å². The molecule has 0 aromatic heterocycles. The molecular formula is C21H18ClNO5S. The predicted octanol–water partition coefficient (Wildman–Crippen LogP) is 5.25. The summed E-state index contributed by atoms with van der Waals surface area (Å²) in [7, 11) is 1.48. The van der Waals surface area contributed by atoms with Crippen molar-refractivity contribution in [3.05, 3.63) is 69.3 Å². The second kappa shape index (κ2) is 9.07. The maximum atomic E-state index is 12.4. The Kier molecular flexibility index (Phi) is 6.51. The van der Waals surface area contributed by atoms with Gasteiger partial charge in [0.1, 0.15) is 27.9 Å². The molecule has 0 amide bonds. The molecule has 0 unspecified atom stereocenters. The number of aromatic hydroxyl groups is 1. The van der Waals surface area contributed by atoms with Gasteiger partial charge in [0, 0.05) is 16.7 Å². The molecule has 0 aliphatic carbocycles. The van der Waals surface area contributed by atoms with Crippen molar-refractivity contribution >= 4 is 46.1 Å². The number of esters is 1.